The van der Waals surface area contributed by atoms with Gasteiger partial charge in [0.15, 0.2) is 0 Å². The van der Waals surface area contributed by atoms with Crippen LogP contribution in [0.4, 0.5) is 5.82 Å². The van der Waals surface area contributed by atoms with Crippen molar-refractivity contribution in [2.45, 2.75) is 25.2 Å². The number of amides is 1. The van der Waals surface area contributed by atoms with Crippen molar-refractivity contribution in [1.29, 1.82) is 0 Å². The lowest BCUT2D eigenvalue weighted by Gasteiger charge is -2.19. The molecule has 1 aliphatic rings. The Bertz CT molecular complexity index is 1560. The Labute approximate surface area is 230 Å². The zero-order valence-corrected chi connectivity index (χ0v) is 23.3. The molecule has 3 rings (SSSR count). The fraction of sp³-hybridized carbons (Fsp3) is 0.300. The van der Waals surface area contributed by atoms with Crippen LogP contribution < -0.4 is 16.7 Å². The topological polar surface area (TPSA) is 276 Å². The number of hydrogen-bond donors (Lipinski definition) is 6. The number of nitrogen functional groups attached to an aromatic ring is 1. The lowest BCUT2D eigenvalue weighted by Crippen LogP contribution is -2.29. The van der Waals surface area contributed by atoms with Crippen LogP contribution in [0.5, 0.6) is 0 Å². The SMILES string of the molecule is Nc1nc(=O)n([C@H]2CC[C@@H](COP(=O)(O)OP(=O)(O)OP(=O)(O)O)O2)cc1C#CCNC(=O)c1ccc(C=O)cc1. The quantitative estimate of drug-likeness (QED) is 0.111. The van der Waals surface area contributed by atoms with E-state index in [1.54, 1.807) is 0 Å². The van der Waals surface area contributed by atoms with Crippen molar-refractivity contribution in [2.24, 2.45) is 0 Å². The number of phosphoric ester groups is 1. The number of carbonyl (C=O) groups is 2. The fourth-order valence-corrected chi connectivity index (χ4v) is 6.41. The molecule has 2 heterocycles. The van der Waals surface area contributed by atoms with Crippen molar-refractivity contribution in [3.8, 4) is 11.8 Å². The van der Waals surface area contributed by atoms with E-state index in [1.807, 2.05) is 0 Å². The lowest BCUT2D eigenvalue weighted by atomic mass is 10.1. The maximum atomic E-state index is 12.4. The number of aromatic nitrogens is 2. The smallest absolute Gasteiger partial charge is 0.382 e. The first-order valence-electron chi connectivity index (χ1n) is 11.2. The summed E-state index contributed by atoms with van der Waals surface area (Å²) >= 11 is 0. The Balaban J connectivity index is 1.58. The molecule has 1 aromatic heterocycles. The second-order valence-corrected chi connectivity index (χ2v) is 12.6. The van der Waals surface area contributed by atoms with E-state index < -0.39 is 54.0 Å². The highest BCUT2D eigenvalue weighted by Crippen LogP contribution is 2.66. The summed E-state index contributed by atoms with van der Waals surface area (Å²) in [5.41, 5.74) is 5.85. The molecule has 1 aliphatic heterocycles. The maximum absolute atomic E-state index is 12.4. The van der Waals surface area contributed by atoms with Crippen LogP contribution in [0.1, 0.15) is 45.3 Å². The molecule has 4 atom stereocenters. The summed E-state index contributed by atoms with van der Waals surface area (Å²) in [6, 6.07) is 5.92. The highest BCUT2D eigenvalue weighted by molar-refractivity contribution is 7.66. The van der Waals surface area contributed by atoms with Gasteiger partial charge in [-0.25, -0.2) is 18.5 Å². The van der Waals surface area contributed by atoms with Gasteiger partial charge in [0.2, 0.25) is 0 Å². The Morgan fingerprint density at radius 1 is 1.15 bits per heavy atom. The first-order valence-corrected chi connectivity index (χ1v) is 15.7. The van der Waals surface area contributed by atoms with Gasteiger partial charge in [-0.05, 0) is 25.0 Å². The number of ether oxygens (including phenoxy) is 1. The van der Waals surface area contributed by atoms with Gasteiger partial charge in [-0.15, -0.1) is 0 Å². The molecular formula is C20H23N4O14P3. The maximum Gasteiger partial charge on any atom is 0.490 e. The number of phosphoric acid groups is 3. The molecule has 0 bridgehead atoms. The Morgan fingerprint density at radius 3 is 2.46 bits per heavy atom. The lowest BCUT2D eigenvalue weighted by molar-refractivity contribution is -0.0242. The first-order chi connectivity index (χ1) is 19.1. The Kier molecular flexibility index (Phi) is 10.5. The number of benzene rings is 1. The normalized spacial score (nSPS) is 19.8. The molecule has 1 amide bonds. The molecule has 0 saturated carbocycles. The van der Waals surface area contributed by atoms with Crippen LogP contribution in [0.25, 0.3) is 0 Å². The summed E-state index contributed by atoms with van der Waals surface area (Å²) in [6.45, 7) is -0.767. The number of carbonyl (C=O) groups excluding carboxylic acids is 2. The molecule has 1 aromatic carbocycles. The van der Waals surface area contributed by atoms with Gasteiger partial charge < -0.3 is 35.4 Å². The van der Waals surface area contributed by atoms with Gasteiger partial charge in [-0.2, -0.15) is 13.6 Å². The van der Waals surface area contributed by atoms with Gasteiger partial charge in [0.1, 0.15) is 18.3 Å². The minimum absolute atomic E-state index is 0.0879. The van der Waals surface area contributed by atoms with Crippen LogP contribution in [-0.4, -0.2) is 60.6 Å². The van der Waals surface area contributed by atoms with Gasteiger partial charge in [-0.1, -0.05) is 24.0 Å². The molecule has 2 unspecified atom stereocenters. The van der Waals surface area contributed by atoms with Crippen LogP contribution in [0.2, 0.25) is 0 Å². The van der Waals surface area contributed by atoms with Gasteiger partial charge >= 0.3 is 29.2 Å². The van der Waals surface area contributed by atoms with Gasteiger partial charge in [0.25, 0.3) is 5.91 Å². The predicted molar refractivity (Wildman–Crippen MR) is 137 cm³/mol. The molecule has 1 fully saturated rings. The third kappa shape index (κ3) is 10.1. The third-order valence-electron chi connectivity index (χ3n) is 5.09. The largest absolute Gasteiger partial charge is 0.490 e. The highest BCUT2D eigenvalue weighted by Gasteiger charge is 2.41. The number of anilines is 1. The summed E-state index contributed by atoms with van der Waals surface area (Å²) in [6.07, 6.45) is 0.443. The van der Waals surface area contributed by atoms with Gasteiger partial charge in [0.05, 0.1) is 24.8 Å². The summed E-state index contributed by atoms with van der Waals surface area (Å²) in [4.78, 5) is 74.9. The second-order valence-electron chi connectivity index (χ2n) is 8.13. The molecule has 1 saturated heterocycles. The number of hydrogen-bond acceptors (Lipinski definition) is 12. The molecule has 0 radical (unpaired) electrons. The standard InChI is InChI=1S/C20H23N4O14P3/c21-18-15(2-1-9-22-19(26)14-5-3-13(11-25)4-6-14)10-24(20(27)23-18)17-8-7-16(36-17)12-35-40(31,32)38-41(33,34)37-39(28,29)30/h3-6,10-11,16-17H,7-9,12H2,(H,22,26)(H,31,32)(H,33,34)(H2,21,23,27)(H2,28,29,30)/t16-,17+/m0/s1. The summed E-state index contributed by atoms with van der Waals surface area (Å²) in [5.74, 6) is 4.73. The predicted octanol–water partition coefficient (Wildman–Crippen LogP) is 0.440. The average Bonchev–Trinajstić information content (AvgIpc) is 3.33. The van der Waals surface area contributed by atoms with E-state index in [9.17, 15) is 37.9 Å². The molecule has 21 heteroatoms. The van der Waals surface area contributed by atoms with E-state index in [4.69, 9.17) is 20.3 Å². The monoisotopic (exact) mass is 636 g/mol. The average molecular weight is 636 g/mol. The molecule has 0 spiro atoms. The summed E-state index contributed by atoms with van der Waals surface area (Å²) in [5, 5.41) is 2.56. The minimum Gasteiger partial charge on any atom is -0.382 e. The number of rotatable bonds is 11. The molecule has 18 nitrogen and oxygen atoms in total. The number of nitrogens with one attached hydrogen (secondary N) is 1. The van der Waals surface area contributed by atoms with Gasteiger partial charge in [0, 0.05) is 17.3 Å². The van der Waals surface area contributed by atoms with Gasteiger partial charge in [-0.3, -0.25) is 18.7 Å². The van der Waals surface area contributed by atoms with Crippen LogP contribution in [0.3, 0.4) is 0 Å². The molecule has 41 heavy (non-hydrogen) atoms. The molecule has 222 valence electrons. The second kappa shape index (κ2) is 13.3. The Morgan fingerprint density at radius 2 is 1.83 bits per heavy atom. The van der Waals surface area contributed by atoms with Crippen molar-refractivity contribution in [3.63, 3.8) is 0 Å². The van der Waals surface area contributed by atoms with E-state index in [1.165, 1.54) is 30.5 Å². The van der Waals surface area contributed by atoms with Crippen molar-refractivity contribution in [1.82, 2.24) is 14.9 Å². The zero-order chi connectivity index (χ0) is 30.4. The number of aldehydes is 1. The minimum atomic E-state index is -5.67. The van der Waals surface area contributed by atoms with Crippen molar-refractivity contribution in [2.75, 3.05) is 18.9 Å². The van der Waals surface area contributed by atoms with E-state index >= 15 is 0 Å². The van der Waals surface area contributed by atoms with Crippen molar-refractivity contribution >= 4 is 41.5 Å². The highest BCUT2D eigenvalue weighted by atomic mass is 31.3. The van der Waals surface area contributed by atoms with E-state index in [-0.39, 0.29) is 30.8 Å². The van der Waals surface area contributed by atoms with Crippen LogP contribution in [0, 0.1) is 11.8 Å². The molecule has 7 N–H and O–H groups in total. The number of nitrogens with two attached hydrogens (primary N) is 1. The van der Waals surface area contributed by atoms with E-state index in [0.29, 0.717) is 17.4 Å². The molecular weight excluding hydrogens is 613 g/mol. The van der Waals surface area contributed by atoms with E-state index in [0.717, 1.165) is 4.57 Å². The number of nitrogens with zero attached hydrogens (tertiary/aromatic N) is 2. The first kappa shape index (κ1) is 32.5. The fourth-order valence-electron chi connectivity index (χ4n) is 3.36. The van der Waals surface area contributed by atoms with Crippen molar-refractivity contribution < 1.29 is 60.7 Å². The Hall–Kier alpha value is -3.03. The van der Waals surface area contributed by atoms with Crippen molar-refractivity contribution in [3.05, 3.63) is 57.6 Å². The molecule has 0 aliphatic carbocycles. The summed E-state index contributed by atoms with van der Waals surface area (Å²) in [7, 11) is -16.5. The zero-order valence-electron chi connectivity index (χ0n) is 20.6. The van der Waals surface area contributed by atoms with E-state index in [2.05, 4.69) is 35.3 Å². The van der Waals surface area contributed by atoms with Crippen LogP contribution in [0.15, 0.2) is 35.3 Å². The third-order valence-corrected chi connectivity index (χ3v) is 8.89. The van der Waals surface area contributed by atoms with Crippen LogP contribution in [-0.2, 0) is 31.6 Å². The van der Waals surface area contributed by atoms with Crippen LogP contribution >= 0.6 is 23.5 Å². The molecule has 2 aromatic rings. The summed E-state index contributed by atoms with van der Waals surface area (Å²) < 4.78 is 52.5.